The monoisotopic (exact) mass is 1810 g/mol. The molecule has 0 saturated carbocycles. The summed E-state index contributed by atoms with van der Waals surface area (Å²) in [6.45, 7) is 19.4. The molecule has 0 spiro atoms. The number of esters is 6. The van der Waals surface area contributed by atoms with E-state index in [0.29, 0.717) is 45.3 Å². The van der Waals surface area contributed by atoms with Crippen molar-refractivity contribution >= 4 is 128 Å². The summed E-state index contributed by atoms with van der Waals surface area (Å²) in [6, 6.07) is 14.6. The maximum atomic E-state index is 14.7. The molecule has 4 aromatic carbocycles. The van der Waals surface area contributed by atoms with Crippen LogP contribution in [0.3, 0.4) is 0 Å². The second kappa shape index (κ2) is 46.2. The summed E-state index contributed by atoms with van der Waals surface area (Å²) in [5, 5.41) is 22.1. The highest BCUT2D eigenvalue weighted by Gasteiger charge is 2.38. The minimum absolute atomic E-state index is 0.0119. The standard InChI is InChI=1S/C91H125N17O22/c1-88(2,3)127-73(110)37-32-64(80(117)93-41-21-43-107-49-55-45-53(27-30-58(55)95-68(86(107)123)47-77(114)125-15)84(121)105(13)51-70-97-60-23-17-18-24-61(60)98-70)103-82(119)66(34-39-75(112)129-90(7,8)9)101-72(109)36-29-57(92)79(116)102-67(35-40-76(113)130-91(10,11)12)83(120)104-65(33-38-74(111)128-89(4,5)6)81(118)94-42-22-44-108-50-56-46-54(28-31-59(56)96-69(87(108)124)48-78(115)126-16)85(122)106(14)52-71-99-62-25-19-20-26-63(62)100-71/h17-20,23-28,30-31,45-46,57,64-69,95-96H,21-22,29,32-44,47-52,92H2,1-16H3,(H,93,117)(H,94,118)(H,97,98)(H,99,100)(H,101,109)(H,102,116)(H,103,119)(H,104,120)/t57?,64-,65-,66-,67-,68+,69-/m0/s1. The summed E-state index contributed by atoms with van der Waals surface area (Å²) < 4.78 is 32.0. The zero-order chi connectivity index (χ0) is 95.7. The van der Waals surface area contributed by atoms with Gasteiger partial charge < -0.3 is 106 Å². The van der Waals surface area contributed by atoms with Crippen molar-refractivity contribution in [3.63, 3.8) is 0 Å². The highest BCUT2D eigenvalue weighted by molar-refractivity contribution is 5.99. The molecule has 0 radical (unpaired) electrons. The van der Waals surface area contributed by atoms with Crippen molar-refractivity contribution in [1.82, 2.24) is 71.4 Å². The Balaban J connectivity index is 0.935. The normalized spacial score (nSPS) is 15.1. The average Bonchev–Trinajstić information content (AvgIpc) is 1.66. The first-order valence-electron chi connectivity index (χ1n) is 43.4. The van der Waals surface area contributed by atoms with E-state index in [1.54, 1.807) is 134 Å². The number of anilines is 2. The number of imidazole rings is 2. The van der Waals surface area contributed by atoms with E-state index >= 15 is 0 Å². The Morgan fingerprint density at radius 1 is 0.446 bits per heavy atom. The Hall–Kier alpha value is -13.1. The highest BCUT2D eigenvalue weighted by atomic mass is 16.6. The van der Waals surface area contributed by atoms with E-state index in [-0.39, 0.29) is 103 Å². The molecule has 0 aliphatic carbocycles. The number of aromatic amines is 2. The SMILES string of the molecule is COC(=O)C[C@@H]1Nc2ccc(C(=O)N(C)Cc3nc4ccccc4[nH]3)cc2CN(CCCNC(=O)[C@H](CCC(=O)OC(C)(C)C)NC(=O)[C@H](CCC(=O)OC(C)(C)C)NC(=O)C(N)CCC(=O)N[C@@H](CCC(=O)OC(C)(C)C)C(=O)N[C@@H](CCC(=O)OC(C)(C)C)C(=O)NCCCN2Cc3cc(C(=O)N(C)Cc4nc5ccccc5[nH]4)ccc3N[C@H](CC(=O)OC)C2=O)C1=O. The van der Waals surface area contributed by atoms with Crippen LogP contribution in [-0.4, -0.2) is 254 Å². The molecule has 12 N–H and O–H groups in total. The van der Waals surface area contributed by atoms with Gasteiger partial charge in [-0.1, -0.05) is 24.3 Å². The summed E-state index contributed by atoms with van der Waals surface area (Å²) in [7, 11) is 5.63. The van der Waals surface area contributed by atoms with Gasteiger partial charge >= 0.3 is 35.8 Å². The van der Waals surface area contributed by atoms with Crippen LogP contribution < -0.4 is 48.3 Å². The van der Waals surface area contributed by atoms with E-state index in [2.05, 4.69) is 62.5 Å². The molecule has 4 heterocycles. The largest absolute Gasteiger partial charge is 0.469 e. The fourth-order valence-electron chi connectivity index (χ4n) is 14.3. The number of nitrogens with one attached hydrogen (secondary N) is 10. The van der Waals surface area contributed by atoms with Gasteiger partial charge in [-0.15, -0.1) is 0 Å². The van der Waals surface area contributed by atoms with Crippen LogP contribution in [0.2, 0.25) is 0 Å². The predicted octanol–water partition coefficient (Wildman–Crippen LogP) is 5.60. The van der Waals surface area contributed by atoms with Crippen molar-refractivity contribution in [2.45, 2.75) is 264 Å². The minimum Gasteiger partial charge on any atom is -0.469 e. The summed E-state index contributed by atoms with van der Waals surface area (Å²) >= 11 is 0. The maximum absolute atomic E-state index is 14.7. The smallest absolute Gasteiger partial charge is 0.308 e. The third kappa shape index (κ3) is 32.6. The van der Waals surface area contributed by atoms with Crippen LogP contribution in [0.15, 0.2) is 84.9 Å². The Kier molecular flexibility index (Phi) is 36.4. The van der Waals surface area contributed by atoms with Gasteiger partial charge in [-0.05, 0) is 200 Å². The second-order valence-electron chi connectivity index (χ2n) is 36.2. The van der Waals surface area contributed by atoms with Crippen LogP contribution in [0.25, 0.3) is 22.1 Å². The van der Waals surface area contributed by atoms with Crippen molar-refractivity contribution in [2.75, 3.05) is 65.1 Å². The van der Waals surface area contributed by atoms with Crippen LogP contribution in [0.4, 0.5) is 11.4 Å². The molecule has 8 rings (SSSR count). The van der Waals surface area contributed by atoms with Gasteiger partial charge in [0.1, 0.15) is 70.3 Å². The molecule has 0 fully saturated rings. The summed E-state index contributed by atoms with van der Waals surface area (Å²) in [5.41, 5.74) is 8.30. The number of nitrogens with two attached hydrogens (primary N) is 1. The second-order valence-corrected chi connectivity index (χ2v) is 36.2. The zero-order valence-corrected chi connectivity index (χ0v) is 76.9. The fourth-order valence-corrected chi connectivity index (χ4v) is 14.3. The lowest BCUT2D eigenvalue weighted by molar-refractivity contribution is -0.156. The van der Waals surface area contributed by atoms with E-state index in [4.69, 9.17) is 34.2 Å². The van der Waals surface area contributed by atoms with Crippen LogP contribution in [0.5, 0.6) is 0 Å². The molecular weight excluding hydrogens is 1680 g/mol. The lowest BCUT2D eigenvalue weighted by Crippen LogP contribution is -2.56. The Morgan fingerprint density at radius 3 is 1.13 bits per heavy atom. The van der Waals surface area contributed by atoms with E-state index < -0.39 is 199 Å². The Labute approximate surface area is 755 Å². The molecule has 1 unspecified atom stereocenters. The number of aromatic nitrogens is 4. The number of ether oxygens (including phenoxy) is 6. The van der Waals surface area contributed by atoms with E-state index in [9.17, 15) is 76.7 Å². The predicted molar refractivity (Wildman–Crippen MR) is 476 cm³/mol. The first-order valence-corrected chi connectivity index (χ1v) is 43.4. The zero-order valence-electron chi connectivity index (χ0n) is 76.9. The van der Waals surface area contributed by atoms with Gasteiger partial charge in [0.2, 0.25) is 47.3 Å². The molecule has 2 aliphatic heterocycles. The van der Waals surface area contributed by atoms with Gasteiger partial charge in [-0.25, -0.2) is 9.97 Å². The van der Waals surface area contributed by atoms with Crippen molar-refractivity contribution < 1.29 is 105 Å². The number of benzene rings is 4. The molecule has 2 aromatic heterocycles. The molecule has 7 atom stereocenters. The topological polar surface area (TPSA) is 521 Å². The van der Waals surface area contributed by atoms with E-state index in [1.807, 2.05) is 48.5 Å². The quantitative estimate of drug-likeness (QED) is 0.0126. The van der Waals surface area contributed by atoms with Crippen molar-refractivity contribution in [1.29, 1.82) is 0 Å². The molecular formula is C91H125N17O22. The molecule has 39 heteroatoms. The number of hydrogen-bond acceptors (Lipinski definition) is 27. The first kappa shape index (κ1) is 102. The average molecular weight is 1810 g/mol. The van der Waals surface area contributed by atoms with E-state index in [1.165, 1.54) is 33.8 Å². The summed E-state index contributed by atoms with van der Waals surface area (Å²) in [6.07, 6.45) is -4.90. The molecule has 2 aliphatic rings. The van der Waals surface area contributed by atoms with Gasteiger partial charge in [0.15, 0.2) is 0 Å². The minimum atomic E-state index is -1.65. The number of fused-ring (bicyclic) bond motifs is 4. The van der Waals surface area contributed by atoms with Crippen LogP contribution >= 0.6 is 0 Å². The summed E-state index contributed by atoms with van der Waals surface area (Å²) in [5.74, 6) is -10.5. The number of amides is 10. The summed E-state index contributed by atoms with van der Waals surface area (Å²) in [4.78, 5) is 243. The van der Waals surface area contributed by atoms with Crippen molar-refractivity contribution in [2.24, 2.45) is 5.73 Å². The van der Waals surface area contributed by atoms with Crippen molar-refractivity contribution in [3.8, 4) is 0 Å². The van der Waals surface area contributed by atoms with Crippen LogP contribution in [0.1, 0.15) is 216 Å². The Bertz CT molecular complexity index is 5030. The van der Waals surface area contributed by atoms with Crippen LogP contribution in [0, 0.1) is 0 Å². The first-order chi connectivity index (χ1) is 61.1. The van der Waals surface area contributed by atoms with E-state index in [0.717, 1.165) is 22.1 Å². The number of methoxy groups -OCH3 is 2. The van der Waals surface area contributed by atoms with Gasteiger partial charge in [0.05, 0.1) is 68.3 Å². The lowest BCUT2D eigenvalue weighted by Gasteiger charge is -2.26. The molecule has 130 heavy (non-hydrogen) atoms. The number of H-pyrrole nitrogens is 2. The molecule has 6 aromatic rings. The van der Waals surface area contributed by atoms with Gasteiger partial charge in [-0.2, -0.15) is 0 Å². The molecule has 706 valence electrons. The third-order valence-corrected chi connectivity index (χ3v) is 20.5. The number of nitrogens with zero attached hydrogens (tertiary/aromatic N) is 6. The third-order valence-electron chi connectivity index (χ3n) is 20.5. The van der Waals surface area contributed by atoms with Crippen molar-refractivity contribution in [3.05, 3.63) is 119 Å². The molecule has 39 nitrogen and oxygen atoms in total. The molecule has 0 bridgehead atoms. The number of hydrogen-bond donors (Lipinski definition) is 11. The lowest BCUT2D eigenvalue weighted by atomic mass is 10.0. The fraction of sp³-hybridized carbons (Fsp3) is 0.538. The highest BCUT2D eigenvalue weighted by Crippen LogP contribution is 2.30. The number of carbonyl (C=O) groups excluding carboxylic acids is 16. The number of carbonyl (C=O) groups is 16. The van der Waals surface area contributed by atoms with Gasteiger partial charge in [-0.3, -0.25) is 76.7 Å². The van der Waals surface area contributed by atoms with Gasteiger partial charge in [0.25, 0.3) is 11.8 Å². The van der Waals surface area contributed by atoms with Gasteiger partial charge in [0, 0.05) is 108 Å². The molecule has 0 saturated heterocycles. The number of para-hydroxylation sites is 4. The Morgan fingerprint density at radius 2 is 0.785 bits per heavy atom. The number of rotatable bonds is 42. The van der Waals surface area contributed by atoms with Crippen LogP contribution in [-0.2, 0) is 122 Å². The maximum Gasteiger partial charge on any atom is 0.308 e. The molecule has 10 amide bonds.